The van der Waals surface area contributed by atoms with Gasteiger partial charge in [-0.3, -0.25) is 0 Å². The van der Waals surface area contributed by atoms with Gasteiger partial charge in [0.05, 0.1) is 13.2 Å². The summed E-state index contributed by atoms with van der Waals surface area (Å²) in [6.07, 6.45) is 1.90. The van der Waals surface area contributed by atoms with Gasteiger partial charge in [-0.1, -0.05) is 22.9 Å². The van der Waals surface area contributed by atoms with E-state index in [2.05, 4.69) is 28.9 Å². The molecule has 0 spiro atoms. The van der Waals surface area contributed by atoms with Crippen LogP contribution in [-0.2, 0) is 0 Å². The zero-order valence-corrected chi connectivity index (χ0v) is 11.6. The van der Waals surface area contributed by atoms with Crippen molar-refractivity contribution >= 4 is 15.9 Å². The molecule has 0 bridgehead atoms. The highest BCUT2D eigenvalue weighted by Crippen LogP contribution is 2.38. The first kappa shape index (κ1) is 12.7. The Morgan fingerprint density at radius 1 is 1.29 bits per heavy atom. The highest BCUT2D eigenvalue weighted by molar-refractivity contribution is 9.10. The van der Waals surface area contributed by atoms with Crippen molar-refractivity contribution in [3.8, 4) is 11.5 Å². The van der Waals surface area contributed by atoms with Crippen LogP contribution in [-0.4, -0.2) is 19.8 Å². The lowest BCUT2D eigenvalue weighted by molar-refractivity contribution is 0.297. The van der Waals surface area contributed by atoms with Crippen LogP contribution in [0.25, 0.3) is 0 Å². The van der Waals surface area contributed by atoms with Crippen molar-refractivity contribution < 1.29 is 9.47 Å². The Balaban J connectivity index is 2.31. The number of rotatable bonds is 3. The zero-order valence-electron chi connectivity index (χ0n) is 10.0. The molecule has 17 heavy (non-hydrogen) atoms. The van der Waals surface area contributed by atoms with E-state index in [1.165, 1.54) is 5.56 Å². The first-order valence-electron chi connectivity index (χ1n) is 6.01. The molecule has 0 radical (unpaired) electrons. The number of hydrogen-bond donors (Lipinski definition) is 1. The van der Waals surface area contributed by atoms with Crippen LogP contribution in [0.2, 0.25) is 0 Å². The van der Waals surface area contributed by atoms with Gasteiger partial charge in [0.1, 0.15) is 0 Å². The van der Waals surface area contributed by atoms with E-state index in [1.807, 2.05) is 6.07 Å². The number of benzene rings is 1. The summed E-state index contributed by atoms with van der Waals surface area (Å²) in [5, 5.41) is 0. The summed E-state index contributed by atoms with van der Waals surface area (Å²) >= 11 is 3.60. The van der Waals surface area contributed by atoms with Crippen molar-refractivity contribution in [2.45, 2.75) is 25.7 Å². The zero-order chi connectivity index (χ0) is 12.3. The topological polar surface area (TPSA) is 44.5 Å². The molecule has 2 N–H and O–H groups in total. The minimum atomic E-state index is 0.423. The predicted octanol–water partition coefficient (Wildman–Crippen LogP) is 3.06. The van der Waals surface area contributed by atoms with Gasteiger partial charge in [-0.05, 0) is 36.6 Å². The molecule has 1 atom stereocenters. The summed E-state index contributed by atoms with van der Waals surface area (Å²) in [6.45, 7) is 4.31. The van der Waals surface area contributed by atoms with Crippen LogP contribution in [0.1, 0.15) is 31.2 Å². The molecule has 0 aromatic heterocycles. The monoisotopic (exact) mass is 299 g/mol. The molecule has 0 fully saturated rings. The molecule has 1 heterocycles. The van der Waals surface area contributed by atoms with Gasteiger partial charge in [0.15, 0.2) is 11.5 Å². The molecule has 1 aliphatic heterocycles. The third-order valence-electron chi connectivity index (χ3n) is 3.00. The van der Waals surface area contributed by atoms with E-state index in [4.69, 9.17) is 15.2 Å². The van der Waals surface area contributed by atoms with Crippen molar-refractivity contribution in [2.75, 3.05) is 19.8 Å². The molecule has 3 nitrogen and oxygen atoms in total. The van der Waals surface area contributed by atoms with E-state index in [9.17, 15) is 0 Å². The standard InChI is InChI=1S/C13H18BrNO2/c1-9(3-4-15)10-7-12-13(8-11(10)14)17-6-2-5-16-12/h7-9H,2-6,15H2,1H3. The van der Waals surface area contributed by atoms with Gasteiger partial charge < -0.3 is 15.2 Å². The van der Waals surface area contributed by atoms with Crippen molar-refractivity contribution in [1.29, 1.82) is 0 Å². The Morgan fingerprint density at radius 3 is 2.59 bits per heavy atom. The lowest BCUT2D eigenvalue weighted by Gasteiger charge is -2.16. The van der Waals surface area contributed by atoms with Gasteiger partial charge in [0.25, 0.3) is 0 Å². The average Bonchev–Trinajstić information content (AvgIpc) is 2.52. The molecule has 1 aromatic carbocycles. The van der Waals surface area contributed by atoms with Crippen molar-refractivity contribution in [1.82, 2.24) is 0 Å². The van der Waals surface area contributed by atoms with Gasteiger partial charge in [-0.25, -0.2) is 0 Å². The fourth-order valence-corrected chi connectivity index (χ4v) is 2.70. The maximum absolute atomic E-state index is 5.70. The van der Waals surface area contributed by atoms with Crippen LogP contribution in [0.4, 0.5) is 0 Å². The minimum absolute atomic E-state index is 0.423. The number of halogens is 1. The number of nitrogens with two attached hydrogens (primary N) is 1. The fraction of sp³-hybridized carbons (Fsp3) is 0.538. The maximum atomic E-state index is 5.70. The van der Waals surface area contributed by atoms with Crippen molar-refractivity contribution in [3.63, 3.8) is 0 Å². The van der Waals surface area contributed by atoms with Crippen LogP contribution in [0.3, 0.4) is 0 Å². The van der Waals surface area contributed by atoms with Crippen molar-refractivity contribution in [2.24, 2.45) is 5.73 Å². The summed E-state index contributed by atoms with van der Waals surface area (Å²) in [5.74, 6) is 2.11. The van der Waals surface area contributed by atoms with Gasteiger partial charge in [-0.2, -0.15) is 0 Å². The second-order valence-corrected chi connectivity index (χ2v) is 5.20. The van der Waals surface area contributed by atoms with Crippen LogP contribution in [0.15, 0.2) is 16.6 Å². The van der Waals surface area contributed by atoms with E-state index >= 15 is 0 Å². The average molecular weight is 300 g/mol. The largest absolute Gasteiger partial charge is 0.490 e. The molecule has 1 aromatic rings. The quantitative estimate of drug-likeness (QED) is 0.933. The van der Waals surface area contributed by atoms with E-state index < -0.39 is 0 Å². The summed E-state index contributed by atoms with van der Waals surface area (Å²) in [5.41, 5.74) is 6.84. The molecule has 0 saturated carbocycles. The van der Waals surface area contributed by atoms with E-state index in [1.54, 1.807) is 0 Å². The van der Waals surface area contributed by atoms with E-state index in [0.717, 1.165) is 42.0 Å². The summed E-state index contributed by atoms with van der Waals surface area (Å²) < 4.78 is 12.4. The first-order chi connectivity index (χ1) is 8.22. The number of fused-ring (bicyclic) bond motifs is 1. The highest BCUT2D eigenvalue weighted by Gasteiger charge is 2.16. The Kier molecular flexibility index (Phi) is 4.29. The smallest absolute Gasteiger partial charge is 0.162 e. The van der Waals surface area contributed by atoms with Crippen LogP contribution < -0.4 is 15.2 Å². The van der Waals surface area contributed by atoms with Gasteiger partial charge in [0, 0.05) is 10.9 Å². The molecule has 1 unspecified atom stereocenters. The van der Waals surface area contributed by atoms with Crippen LogP contribution in [0, 0.1) is 0 Å². The molecular weight excluding hydrogens is 282 g/mol. The second-order valence-electron chi connectivity index (χ2n) is 4.35. The Hall–Kier alpha value is -0.740. The van der Waals surface area contributed by atoms with Gasteiger partial charge in [-0.15, -0.1) is 0 Å². The molecule has 4 heteroatoms. The summed E-state index contributed by atoms with van der Waals surface area (Å²) in [4.78, 5) is 0. The number of ether oxygens (including phenoxy) is 2. The highest BCUT2D eigenvalue weighted by atomic mass is 79.9. The molecule has 0 amide bonds. The summed E-state index contributed by atoms with van der Waals surface area (Å²) in [6, 6.07) is 4.08. The molecule has 0 saturated heterocycles. The molecule has 94 valence electrons. The SMILES string of the molecule is CC(CCN)c1cc2c(cc1Br)OCCCO2. The minimum Gasteiger partial charge on any atom is -0.490 e. The number of hydrogen-bond acceptors (Lipinski definition) is 3. The molecular formula is C13H18BrNO2. The third kappa shape index (κ3) is 2.93. The van der Waals surface area contributed by atoms with E-state index in [0.29, 0.717) is 12.5 Å². The lowest BCUT2D eigenvalue weighted by Crippen LogP contribution is -2.05. The van der Waals surface area contributed by atoms with Gasteiger partial charge >= 0.3 is 0 Å². The van der Waals surface area contributed by atoms with Gasteiger partial charge in [0.2, 0.25) is 0 Å². The predicted molar refractivity (Wildman–Crippen MR) is 71.8 cm³/mol. The maximum Gasteiger partial charge on any atom is 0.162 e. The summed E-state index contributed by atoms with van der Waals surface area (Å²) in [7, 11) is 0. The van der Waals surface area contributed by atoms with Crippen LogP contribution in [0.5, 0.6) is 11.5 Å². The third-order valence-corrected chi connectivity index (χ3v) is 3.68. The first-order valence-corrected chi connectivity index (χ1v) is 6.80. The Bertz CT molecular complexity index is 395. The van der Waals surface area contributed by atoms with E-state index in [-0.39, 0.29) is 0 Å². The Labute approximate surface area is 110 Å². The normalized spacial score (nSPS) is 16.4. The second kappa shape index (κ2) is 5.74. The molecule has 0 aliphatic carbocycles. The molecule has 1 aliphatic rings. The van der Waals surface area contributed by atoms with Crippen molar-refractivity contribution in [3.05, 3.63) is 22.2 Å². The lowest BCUT2D eigenvalue weighted by atomic mass is 9.97. The molecule has 2 rings (SSSR count). The fourth-order valence-electron chi connectivity index (χ4n) is 1.98. The Morgan fingerprint density at radius 2 is 1.94 bits per heavy atom. The van der Waals surface area contributed by atoms with Crippen LogP contribution >= 0.6 is 15.9 Å².